The first-order valence-electron chi connectivity index (χ1n) is 5.16. The maximum Gasteiger partial charge on any atom is 0.323 e. The number of aliphatic hydroxyl groups is 1. The van der Waals surface area contributed by atoms with Gasteiger partial charge in [0, 0.05) is 6.61 Å². The highest BCUT2D eigenvalue weighted by atomic mass is 16.5. The number of esters is 1. The molecule has 0 aliphatic heterocycles. The standard InChI is InChI=1S/C10H21NO3/c1-4-6-11-9(5-7-12)10(13)14-8(2)3/h8-9,11-12H,4-7H2,1-3H3/t9-/m0/s1. The lowest BCUT2D eigenvalue weighted by Gasteiger charge is -2.17. The first-order valence-corrected chi connectivity index (χ1v) is 5.16. The second-order valence-electron chi connectivity index (χ2n) is 3.50. The molecular weight excluding hydrogens is 182 g/mol. The number of hydrogen-bond acceptors (Lipinski definition) is 4. The van der Waals surface area contributed by atoms with E-state index < -0.39 is 0 Å². The predicted molar refractivity (Wildman–Crippen MR) is 55.0 cm³/mol. The van der Waals surface area contributed by atoms with Gasteiger partial charge < -0.3 is 15.2 Å². The fourth-order valence-electron chi connectivity index (χ4n) is 1.07. The van der Waals surface area contributed by atoms with E-state index in [0.717, 1.165) is 13.0 Å². The van der Waals surface area contributed by atoms with Gasteiger partial charge in [-0.15, -0.1) is 0 Å². The van der Waals surface area contributed by atoms with E-state index in [1.54, 1.807) is 0 Å². The molecule has 4 nitrogen and oxygen atoms in total. The molecule has 0 spiro atoms. The van der Waals surface area contributed by atoms with E-state index >= 15 is 0 Å². The molecule has 0 aliphatic carbocycles. The molecule has 0 bridgehead atoms. The molecule has 0 aromatic heterocycles. The normalized spacial score (nSPS) is 12.9. The molecule has 0 saturated heterocycles. The lowest BCUT2D eigenvalue weighted by molar-refractivity contribution is -0.150. The maximum absolute atomic E-state index is 11.5. The average Bonchev–Trinajstić information content (AvgIpc) is 2.10. The van der Waals surface area contributed by atoms with Gasteiger partial charge in [0.15, 0.2) is 0 Å². The van der Waals surface area contributed by atoms with Crippen LogP contribution < -0.4 is 5.32 Å². The second-order valence-corrected chi connectivity index (χ2v) is 3.50. The van der Waals surface area contributed by atoms with Crippen molar-refractivity contribution in [2.75, 3.05) is 13.2 Å². The number of carbonyl (C=O) groups is 1. The van der Waals surface area contributed by atoms with Gasteiger partial charge in [-0.3, -0.25) is 4.79 Å². The van der Waals surface area contributed by atoms with Crippen LogP contribution >= 0.6 is 0 Å². The molecule has 0 aliphatic rings. The van der Waals surface area contributed by atoms with Crippen LogP contribution in [0.2, 0.25) is 0 Å². The SMILES string of the molecule is CCCN[C@@H](CCO)C(=O)OC(C)C. The van der Waals surface area contributed by atoms with E-state index in [1.165, 1.54) is 0 Å². The van der Waals surface area contributed by atoms with Crippen molar-refractivity contribution in [1.82, 2.24) is 5.32 Å². The van der Waals surface area contributed by atoms with Crippen LogP contribution in [-0.2, 0) is 9.53 Å². The molecule has 2 N–H and O–H groups in total. The highest BCUT2D eigenvalue weighted by molar-refractivity contribution is 5.75. The average molecular weight is 203 g/mol. The number of aliphatic hydroxyl groups excluding tert-OH is 1. The van der Waals surface area contributed by atoms with Gasteiger partial charge in [-0.2, -0.15) is 0 Å². The number of carbonyl (C=O) groups excluding carboxylic acids is 1. The minimum absolute atomic E-state index is 0.00538. The lowest BCUT2D eigenvalue weighted by atomic mass is 10.2. The van der Waals surface area contributed by atoms with Crippen molar-refractivity contribution in [3.05, 3.63) is 0 Å². The first-order chi connectivity index (χ1) is 6.61. The molecule has 0 rings (SSSR count). The second kappa shape index (κ2) is 7.76. The Balaban J connectivity index is 3.97. The molecule has 0 aromatic carbocycles. The zero-order valence-electron chi connectivity index (χ0n) is 9.25. The molecule has 0 amide bonds. The zero-order valence-corrected chi connectivity index (χ0v) is 9.25. The summed E-state index contributed by atoms with van der Waals surface area (Å²) in [6, 6.07) is -0.373. The Kier molecular flexibility index (Phi) is 7.42. The van der Waals surface area contributed by atoms with Crippen LogP contribution in [0.25, 0.3) is 0 Å². The predicted octanol–water partition coefficient (Wildman–Crippen LogP) is 0.689. The van der Waals surface area contributed by atoms with Crippen molar-refractivity contribution in [3.63, 3.8) is 0 Å². The molecule has 0 heterocycles. The minimum Gasteiger partial charge on any atom is -0.462 e. The van der Waals surface area contributed by atoms with Crippen LogP contribution in [0.3, 0.4) is 0 Å². The molecular formula is C10H21NO3. The number of hydrogen-bond donors (Lipinski definition) is 2. The third-order valence-corrected chi connectivity index (χ3v) is 1.69. The smallest absolute Gasteiger partial charge is 0.323 e. The largest absolute Gasteiger partial charge is 0.462 e. The monoisotopic (exact) mass is 203 g/mol. The van der Waals surface area contributed by atoms with Gasteiger partial charge in [-0.25, -0.2) is 0 Å². The van der Waals surface area contributed by atoms with Crippen LogP contribution in [0, 0.1) is 0 Å². The number of rotatable bonds is 7. The van der Waals surface area contributed by atoms with Crippen molar-refractivity contribution >= 4 is 5.97 Å². The summed E-state index contributed by atoms with van der Waals surface area (Å²) in [6.07, 6.45) is 1.26. The quantitative estimate of drug-likeness (QED) is 0.598. The van der Waals surface area contributed by atoms with Gasteiger partial charge in [0.1, 0.15) is 6.04 Å². The van der Waals surface area contributed by atoms with Crippen molar-refractivity contribution in [1.29, 1.82) is 0 Å². The Morgan fingerprint density at radius 2 is 2.14 bits per heavy atom. The number of ether oxygens (including phenoxy) is 1. The molecule has 0 aromatic rings. The molecule has 0 fully saturated rings. The van der Waals surface area contributed by atoms with Crippen molar-refractivity contribution in [2.24, 2.45) is 0 Å². The maximum atomic E-state index is 11.5. The van der Waals surface area contributed by atoms with E-state index in [1.807, 2.05) is 20.8 Å². The van der Waals surface area contributed by atoms with Crippen LogP contribution in [0.5, 0.6) is 0 Å². The molecule has 14 heavy (non-hydrogen) atoms. The minimum atomic E-state index is -0.373. The molecule has 0 unspecified atom stereocenters. The summed E-state index contributed by atoms with van der Waals surface area (Å²) in [5, 5.41) is 11.8. The summed E-state index contributed by atoms with van der Waals surface area (Å²) in [4.78, 5) is 11.5. The number of nitrogens with one attached hydrogen (secondary N) is 1. The molecule has 0 radical (unpaired) electrons. The Morgan fingerprint density at radius 1 is 1.50 bits per heavy atom. The van der Waals surface area contributed by atoms with Gasteiger partial charge in [-0.05, 0) is 33.2 Å². The summed E-state index contributed by atoms with van der Waals surface area (Å²) in [5.74, 6) is -0.275. The van der Waals surface area contributed by atoms with E-state index in [-0.39, 0.29) is 24.7 Å². The van der Waals surface area contributed by atoms with Crippen LogP contribution in [-0.4, -0.2) is 36.4 Å². The van der Waals surface area contributed by atoms with E-state index in [0.29, 0.717) is 6.42 Å². The third-order valence-electron chi connectivity index (χ3n) is 1.69. The fourth-order valence-corrected chi connectivity index (χ4v) is 1.07. The van der Waals surface area contributed by atoms with Crippen molar-refractivity contribution < 1.29 is 14.6 Å². The van der Waals surface area contributed by atoms with E-state index in [9.17, 15) is 4.79 Å². The summed E-state index contributed by atoms with van der Waals surface area (Å²) in [6.45, 7) is 6.41. The zero-order chi connectivity index (χ0) is 11.0. The molecule has 4 heteroatoms. The first kappa shape index (κ1) is 13.4. The fraction of sp³-hybridized carbons (Fsp3) is 0.900. The van der Waals surface area contributed by atoms with Gasteiger partial charge in [0.25, 0.3) is 0 Å². The Labute approximate surface area is 85.6 Å². The van der Waals surface area contributed by atoms with Crippen LogP contribution in [0.4, 0.5) is 0 Å². The van der Waals surface area contributed by atoms with Gasteiger partial charge in [-0.1, -0.05) is 6.92 Å². The molecule has 84 valence electrons. The third kappa shape index (κ3) is 5.94. The highest BCUT2D eigenvalue weighted by Crippen LogP contribution is 1.99. The van der Waals surface area contributed by atoms with Crippen molar-refractivity contribution in [2.45, 2.75) is 45.8 Å². The van der Waals surface area contributed by atoms with Crippen LogP contribution in [0.15, 0.2) is 0 Å². The summed E-state index contributed by atoms with van der Waals surface area (Å²) < 4.78 is 5.05. The van der Waals surface area contributed by atoms with Gasteiger partial charge in [0.2, 0.25) is 0 Å². The Bertz CT molecular complexity index is 159. The lowest BCUT2D eigenvalue weighted by Crippen LogP contribution is -2.40. The highest BCUT2D eigenvalue weighted by Gasteiger charge is 2.19. The summed E-state index contributed by atoms with van der Waals surface area (Å²) >= 11 is 0. The Morgan fingerprint density at radius 3 is 2.57 bits per heavy atom. The summed E-state index contributed by atoms with van der Waals surface area (Å²) in [5.41, 5.74) is 0. The summed E-state index contributed by atoms with van der Waals surface area (Å²) in [7, 11) is 0. The topological polar surface area (TPSA) is 58.6 Å². The molecule has 1 atom stereocenters. The Hall–Kier alpha value is -0.610. The molecule has 0 saturated carbocycles. The van der Waals surface area contributed by atoms with Gasteiger partial charge in [0.05, 0.1) is 6.10 Å². The van der Waals surface area contributed by atoms with E-state index in [4.69, 9.17) is 9.84 Å². The van der Waals surface area contributed by atoms with E-state index in [2.05, 4.69) is 5.32 Å². The van der Waals surface area contributed by atoms with Gasteiger partial charge >= 0.3 is 5.97 Å². The van der Waals surface area contributed by atoms with Crippen LogP contribution in [0.1, 0.15) is 33.6 Å². The van der Waals surface area contributed by atoms with Crippen molar-refractivity contribution in [3.8, 4) is 0 Å².